The molecule has 7 nitrogen and oxygen atoms in total. The average Bonchev–Trinajstić information content (AvgIpc) is 2.80. The summed E-state index contributed by atoms with van der Waals surface area (Å²) in [5.41, 5.74) is -0.102. The van der Waals surface area contributed by atoms with E-state index in [1.165, 1.54) is 10.9 Å². The Hall–Kier alpha value is -1.92. The molecule has 0 bridgehead atoms. The molecule has 1 rings (SSSR count). The Morgan fingerprint density at radius 2 is 2.33 bits per heavy atom. The number of unbranched alkanes of at least 4 members (excludes halogenated alkanes) is 1. The molecule has 0 saturated heterocycles. The molecule has 1 amide bonds. The van der Waals surface area contributed by atoms with Gasteiger partial charge in [0.1, 0.15) is 18.4 Å². The summed E-state index contributed by atoms with van der Waals surface area (Å²) < 4.78 is 1.35. The quantitative estimate of drug-likeness (QED) is 0.455. The Kier molecular flexibility index (Phi) is 5.29. The second-order valence-corrected chi connectivity index (χ2v) is 4.00. The van der Waals surface area contributed by atoms with Crippen LogP contribution in [0.1, 0.15) is 39.2 Å². The fourth-order valence-corrected chi connectivity index (χ4v) is 1.59. The Morgan fingerprint density at radius 3 is 2.83 bits per heavy atom. The normalized spacial score (nSPS) is 12.1. The zero-order valence-corrected chi connectivity index (χ0v) is 10.6. The fraction of sp³-hybridized carbons (Fsp3) is 0.636. The number of nitro groups is 1. The van der Waals surface area contributed by atoms with Crippen LogP contribution in [0.25, 0.3) is 0 Å². The van der Waals surface area contributed by atoms with E-state index in [9.17, 15) is 14.9 Å². The van der Waals surface area contributed by atoms with Gasteiger partial charge in [-0.25, -0.2) is 0 Å². The van der Waals surface area contributed by atoms with Crippen LogP contribution < -0.4 is 5.32 Å². The summed E-state index contributed by atoms with van der Waals surface area (Å²) in [4.78, 5) is 21.9. The van der Waals surface area contributed by atoms with Crippen LogP contribution >= 0.6 is 0 Å². The Bertz CT molecular complexity index is 416. The van der Waals surface area contributed by atoms with Crippen molar-refractivity contribution in [3.8, 4) is 0 Å². The molecule has 0 fully saturated rings. The molecule has 18 heavy (non-hydrogen) atoms. The summed E-state index contributed by atoms with van der Waals surface area (Å²) in [6, 6.07) is -0.490. The van der Waals surface area contributed by atoms with Crippen molar-refractivity contribution >= 4 is 11.6 Å². The van der Waals surface area contributed by atoms with E-state index in [4.69, 9.17) is 0 Å². The van der Waals surface area contributed by atoms with E-state index in [2.05, 4.69) is 10.4 Å². The van der Waals surface area contributed by atoms with Crippen LogP contribution in [0.3, 0.4) is 0 Å². The molecular weight excluding hydrogens is 236 g/mol. The van der Waals surface area contributed by atoms with Gasteiger partial charge in [0, 0.05) is 6.54 Å². The molecule has 0 aliphatic carbocycles. The largest absolute Gasteiger partial charge is 0.354 e. The third-order valence-corrected chi connectivity index (χ3v) is 2.64. The Labute approximate surface area is 105 Å². The minimum Gasteiger partial charge on any atom is -0.354 e. The molecule has 0 spiro atoms. The van der Waals surface area contributed by atoms with Crippen molar-refractivity contribution in [1.82, 2.24) is 15.1 Å². The van der Waals surface area contributed by atoms with Gasteiger partial charge < -0.3 is 5.32 Å². The summed E-state index contributed by atoms with van der Waals surface area (Å²) in [6.45, 7) is 4.51. The number of hydrogen-bond donors (Lipinski definition) is 1. The van der Waals surface area contributed by atoms with Crippen molar-refractivity contribution in [3.63, 3.8) is 0 Å². The standard InChI is InChI=1S/C11H18N4O3/c1-3-5-6-12-11(16)10(4-2)14-8-9(7-13-14)15(17)18/h7-8,10H,3-6H2,1-2H3,(H,12,16). The van der Waals surface area contributed by atoms with Gasteiger partial charge in [0.05, 0.1) is 4.92 Å². The van der Waals surface area contributed by atoms with Crippen molar-refractivity contribution < 1.29 is 9.72 Å². The van der Waals surface area contributed by atoms with Crippen LogP contribution in [-0.2, 0) is 4.79 Å². The molecule has 0 aliphatic rings. The van der Waals surface area contributed by atoms with Crippen LogP contribution in [0, 0.1) is 10.1 Å². The first-order valence-electron chi connectivity index (χ1n) is 6.06. The highest BCUT2D eigenvalue weighted by atomic mass is 16.6. The SMILES string of the molecule is CCCCNC(=O)C(CC)n1cc([N+](=O)[O-])cn1. The molecule has 0 saturated carbocycles. The van der Waals surface area contributed by atoms with Crippen molar-refractivity contribution in [2.45, 2.75) is 39.2 Å². The molecule has 0 aliphatic heterocycles. The van der Waals surface area contributed by atoms with E-state index in [1.807, 2.05) is 13.8 Å². The molecule has 7 heteroatoms. The maximum atomic E-state index is 11.9. The molecular formula is C11H18N4O3. The predicted octanol–water partition coefficient (Wildman–Crippen LogP) is 1.66. The monoisotopic (exact) mass is 254 g/mol. The number of amides is 1. The molecule has 1 aromatic heterocycles. The van der Waals surface area contributed by atoms with Crippen LogP contribution in [0.15, 0.2) is 12.4 Å². The van der Waals surface area contributed by atoms with Crippen molar-refractivity contribution in [3.05, 3.63) is 22.5 Å². The number of nitrogens with zero attached hydrogens (tertiary/aromatic N) is 3. The summed E-state index contributed by atoms with van der Waals surface area (Å²) in [5.74, 6) is -0.149. The first-order valence-corrected chi connectivity index (χ1v) is 6.06. The van der Waals surface area contributed by atoms with Gasteiger partial charge >= 0.3 is 5.69 Å². The summed E-state index contributed by atoms with van der Waals surface area (Å²) in [6.07, 6.45) is 4.90. The van der Waals surface area contributed by atoms with E-state index in [-0.39, 0.29) is 11.6 Å². The summed E-state index contributed by atoms with van der Waals surface area (Å²) in [7, 11) is 0. The highest BCUT2D eigenvalue weighted by Gasteiger charge is 2.21. The summed E-state index contributed by atoms with van der Waals surface area (Å²) >= 11 is 0. The molecule has 1 atom stereocenters. The molecule has 1 unspecified atom stereocenters. The lowest BCUT2D eigenvalue weighted by molar-refractivity contribution is -0.385. The number of carbonyl (C=O) groups excluding carboxylic acids is 1. The van der Waals surface area contributed by atoms with Crippen LogP contribution in [0.4, 0.5) is 5.69 Å². The third kappa shape index (κ3) is 3.54. The van der Waals surface area contributed by atoms with Gasteiger partial charge in [-0.05, 0) is 12.8 Å². The Balaban J connectivity index is 2.69. The number of hydrogen-bond acceptors (Lipinski definition) is 4. The van der Waals surface area contributed by atoms with E-state index in [0.717, 1.165) is 19.0 Å². The summed E-state index contributed by atoms with van der Waals surface area (Å²) in [5, 5.41) is 17.2. The lowest BCUT2D eigenvalue weighted by Gasteiger charge is -2.14. The molecule has 1 heterocycles. The van der Waals surface area contributed by atoms with Crippen LogP contribution in [-0.4, -0.2) is 27.2 Å². The minimum absolute atomic E-state index is 0.102. The highest BCUT2D eigenvalue weighted by molar-refractivity contribution is 5.80. The van der Waals surface area contributed by atoms with Crippen molar-refractivity contribution in [1.29, 1.82) is 0 Å². The van der Waals surface area contributed by atoms with Crippen LogP contribution in [0.5, 0.6) is 0 Å². The van der Waals surface area contributed by atoms with E-state index >= 15 is 0 Å². The molecule has 1 N–H and O–H groups in total. The number of aromatic nitrogens is 2. The zero-order valence-electron chi connectivity index (χ0n) is 10.6. The lowest BCUT2D eigenvalue weighted by Crippen LogP contribution is -2.33. The van der Waals surface area contributed by atoms with Gasteiger partial charge in [0.15, 0.2) is 0 Å². The van der Waals surface area contributed by atoms with E-state index in [0.29, 0.717) is 13.0 Å². The van der Waals surface area contributed by atoms with Crippen molar-refractivity contribution in [2.75, 3.05) is 6.54 Å². The van der Waals surface area contributed by atoms with Crippen molar-refractivity contribution in [2.24, 2.45) is 0 Å². The van der Waals surface area contributed by atoms with Gasteiger partial charge in [-0.1, -0.05) is 20.3 Å². The average molecular weight is 254 g/mol. The van der Waals surface area contributed by atoms with Crippen LogP contribution in [0.2, 0.25) is 0 Å². The topological polar surface area (TPSA) is 90.1 Å². The third-order valence-electron chi connectivity index (χ3n) is 2.64. The van der Waals surface area contributed by atoms with E-state index < -0.39 is 11.0 Å². The first-order chi connectivity index (χ1) is 8.60. The smallest absolute Gasteiger partial charge is 0.307 e. The lowest BCUT2D eigenvalue weighted by atomic mass is 10.2. The maximum Gasteiger partial charge on any atom is 0.307 e. The predicted molar refractivity (Wildman–Crippen MR) is 66.1 cm³/mol. The number of nitrogens with one attached hydrogen (secondary N) is 1. The Morgan fingerprint density at radius 1 is 1.61 bits per heavy atom. The van der Waals surface area contributed by atoms with Gasteiger partial charge in [-0.15, -0.1) is 0 Å². The number of rotatable bonds is 7. The first kappa shape index (κ1) is 14.1. The van der Waals surface area contributed by atoms with Gasteiger partial charge in [0.2, 0.25) is 5.91 Å². The molecule has 0 radical (unpaired) electrons. The van der Waals surface area contributed by atoms with Gasteiger partial charge in [0.25, 0.3) is 0 Å². The van der Waals surface area contributed by atoms with Gasteiger partial charge in [-0.2, -0.15) is 5.10 Å². The zero-order chi connectivity index (χ0) is 13.5. The van der Waals surface area contributed by atoms with Gasteiger partial charge in [-0.3, -0.25) is 19.6 Å². The molecule has 1 aromatic rings. The second kappa shape index (κ2) is 6.73. The molecule has 0 aromatic carbocycles. The molecule has 100 valence electrons. The minimum atomic E-state index is -0.523. The number of carbonyl (C=O) groups is 1. The second-order valence-electron chi connectivity index (χ2n) is 4.00. The van der Waals surface area contributed by atoms with E-state index in [1.54, 1.807) is 0 Å². The maximum absolute atomic E-state index is 11.9. The highest BCUT2D eigenvalue weighted by Crippen LogP contribution is 2.15. The fourth-order valence-electron chi connectivity index (χ4n) is 1.59.